The molecule has 0 spiro atoms. The van der Waals surface area contributed by atoms with Crippen molar-refractivity contribution in [3.63, 3.8) is 0 Å². The molecule has 158 valence electrons. The first-order valence-corrected chi connectivity index (χ1v) is 10.3. The molecule has 31 heavy (non-hydrogen) atoms. The van der Waals surface area contributed by atoms with Gasteiger partial charge in [0, 0.05) is 12.2 Å². The second-order valence-corrected chi connectivity index (χ2v) is 7.51. The summed E-state index contributed by atoms with van der Waals surface area (Å²) < 4.78 is 5.41. The summed E-state index contributed by atoms with van der Waals surface area (Å²) in [5, 5.41) is 12.6. The monoisotopic (exact) mass is 416 g/mol. The Labute approximate surface area is 181 Å². The zero-order valence-corrected chi connectivity index (χ0v) is 17.0. The molecule has 0 bridgehead atoms. The van der Waals surface area contributed by atoms with Crippen molar-refractivity contribution in [3.05, 3.63) is 84.4 Å². The standard InChI is InChI=1S/C25H24N2O4/c28-22-12-5-10-20(16-22)19-9-4-11-21(15-19)26-24(29)23-13-6-14-27(23)25(30)31-17-18-7-2-1-3-8-18/h1-5,7-12,15-16,23,28H,6,13-14,17H2,(H,26,29)/t23-/m0/s1. The molecule has 3 aromatic rings. The molecule has 6 nitrogen and oxygen atoms in total. The average molecular weight is 416 g/mol. The van der Waals surface area contributed by atoms with Crippen molar-refractivity contribution in [1.82, 2.24) is 4.90 Å². The van der Waals surface area contributed by atoms with Gasteiger partial charge in [0.05, 0.1) is 0 Å². The van der Waals surface area contributed by atoms with Crippen LogP contribution in [-0.2, 0) is 16.1 Å². The van der Waals surface area contributed by atoms with Crippen LogP contribution >= 0.6 is 0 Å². The molecular weight excluding hydrogens is 392 g/mol. The molecule has 1 heterocycles. The summed E-state index contributed by atoms with van der Waals surface area (Å²) in [5.41, 5.74) is 3.26. The lowest BCUT2D eigenvalue weighted by molar-refractivity contribution is -0.120. The molecule has 3 aromatic carbocycles. The predicted octanol–water partition coefficient (Wildman–Crippen LogP) is 4.80. The number of phenols is 1. The number of hydrogen-bond acceptors (Lipinski definition) is 4. The largest absolute Gasteiger partial charge is 0.508 e. The number of phenolic OH excluding ortho intramolecular Hbond substituents is 1. The summed E-state index contributed by atoms with van der Waals surface area (Å²) in [6.07, 6.45) is 0.871. The Morgan fingerprint density at radius 1 is 0.968 bits per heavy atom. The van der Waals surface area contributed by atoms with Crippen molar-refractivity contribution < 1.29 is 19.4 Å². The molecule has 4 rings (SSSR count). The number of carbonyl (C=O) groups excluding carboxylic acids is 2. The minimum absolute atomic E-state index is 0.177. The normalized spacial score (nSPS) is 15.5. The van der Waals surface area contributed by atoms with Crippen LogP contribution in [0.1, 0.15) is 18.4 Å². The van der Waals surface area contributed by atoms with E-state index in [1.165, 1.54) is 4.90 Å². The highest BCUT2D eigenvalue weighted by Crippen LogP contribution is 2.26. The molecule has 2 N–H and O–H groups in total. The lowest BCUT2D eigenvalue weighted by Gasteiger charge is -2.23. The number of anilines is 1. The lowest BCUT2D eigenvalue weighted by atomic mass is 10.0. The zero-order chi connectivity index (χ0) is 21.6. The van der Waals surface area contributed by atoms with Crippen LogP contribution in [0.4, 0.5) is 10.5 Å². The first-order chi connectivity index (χ1) is 15.1. The number of hydrogen-bond donors (Lipinski definition) is 2. The fourth-order valence-corrected chi connectivity index (χ4v) is 3.75. The van der Waals surface area contributed by atoms with Crippen molar-refractivity contribution in [1.29, 1.82) is 0 Å². The SMILES string of the molecule is O=C(Nc1cccc(-c2cccc(O)c2)c1)[C@@H]1CCCN1C(=O)OCc1ccccc1. The van der Waals surface area contributed by atoms with Crippen LogP contribution in [0.25, 0.3) is 11.1 Å². The Hall–Kier alpha value is -3.80. The minimum atomic E-state index is -0.562. The number of ether oxygens (including phenoxy) is 1. The molecule has 0 aliphatic carbocycles. The Kier molecular flexibility index (Phi) is 6.17. The van der Waals surface area contributed by atoms with Crippen molar-refractivity contribution in [2.24, 2.45) is 0 Å². The molecule has 1 aliphatic rings. The van der Waals surface area contributed by atoms with E-state index in [9.17, 15) is 14.7 Å². The highest BCUT2D eigenvalue weighted by molar-refractivity contribution is 5.97. The molecule has 0 aromatic heterocycles. The summed E-state index contributed by atoms with van der Waals surface area (Å²) in [6.45, 7) is 0.672. The van der Waals surface area contributed by atoms with Crippen LogP contribution < -0.4 is 5.32 Å². The maximum Gasteiger partial charge on any atom is 0.410 e. The van der Waals surface area contributed by atoms with Gasteiger partial charge in [-0.25, -0.2) is 4.79 Å². The molecule has 0 radical (unpaired) electrons. The quantitative estimate of drug-likeness (QED) is 0.626. The number of nitrogens with zero attached hydrogens (tertiary/aromatic N) is 1. The molecule has 1 fully saturated rings. The second-order valence-electron chi connectivity index (χ2n) is 7.51. The molecule has 6 heteroatoms. The van der Waals surface area contributed by atoms with E-state index in [-0.39, 0.29) is 18.3 Å². The van der Waals surface area contributed by atoms with Gasteiger partial charge in [-0.1, -0.05) is 54.6 Å². The van der Waals surface area contributed by atoms with E-state index >= 15 is 0 Å². The van der Waals surface area contributed by atoms with Gasteiger partial charge in [0.1, 0.15) is 18.4 Å². The van der Waals surface area contributed by atoms with Gasteiger partial charge in [-0.15, -0.1) is 0 Å². The van der Waals surface area contributed by atoms with Crippen LogP contribution in [0.15, 0.2) is 78.9 Å². The van der Waals surface area contributed by atoms with Gasteiger partial charge in [0.2, 0.25) is 5.91 Å². The van der Waals surface area contributed by atoms with Crippen LogP contribution in [0, 0.1) is 0 Å². The zero-order valence-electron chi connectivity index (χ0n) is 17.0. The number of likely N-dealkylation sites (tertiary alicyclic amines) is 1. The highest BCUT2D eigenvalue weighted by Gasteiger charge is 2.35. The number of amides is 2. The van der Waals surface area contributed by atoms with E-state index in [2.05, 4.69) is 5.32 Å². The van der Waals surface area contributed by atoms with Crippen molar-refractivity contribution in [2.75, 3.05) is 11.9 Å². The predicted molar refractivity (Wildman–Crippen MR) is 119 cm³/mol. The third kappa shape index (κ3) is 5.04. The number of benzene rings is 3. The van der Waals surface area contributed by atoms with Gasteiger partial charge >= 0.3 is 6.09 Å². The van der Waals surface area contributed by atoms with E-state index in [0.29, 0.717) is 18.7 Å². The topological polar surface area (TPSA) is 78.9 Å². The van der Waals surface area contributed by atoms with E-state index in [1.54, 1.807) is 24.3 Å². The molecule has 1 atom stereocenters. The summed E-state index contributed by atoms with van der Waals surface area (Å²) >= 11 is 0. The van der Waals surface area contributed by atoms with Gasteiger partial charge in [0.25, 0.3) is 0 Å². The Morgan fingerprint density at radius 2 is 1.71 bits per heavy atom. The van der Waals surface area contributed by atoms with Crippen molar-refractivity contribution in [2.45, 2.75) is 25.5 Å². The highest BCUT2D eigenvalue weighted by atomic mass is 16.6. The van der Waals surface area contributed by atoms with Crippen LogP contribution in [0.3, 0.4) is 0 Å². The maximum absolute atomic E-state index is 12.9. The average Bonchev–Trinajstić information content (AvgIpc) is 3.29. The van der Waals surface area contributed by atoms with Gasteiger partial charge in [-0.2, -0.15) is 0 Å². The Morgan fingerprint density at radius 3 is 2.48 bits per heavy atom. The third-order valence-corrected chi connectivity index (χ3v) is 5.30. The molecular formula is C25H24N2O4. The smallest absolute Gasteiger partial charge is 0.410 e. The summed E-state index contributed by atoms with van der Waals surface area (Å²) in [5.74, 6) is -0.0511. The molecule has 0 unspecified atom stereocenters. The van der Waals surface area contributed by atoms with Gasteiger partial charge in [-0.3, -0.25) is 9.69 Å². The van der Waals surface area contributed by atoms with Crippen LogP contribution in [-0.4, -0.2) is 34.6 Å². The third-order valence-electron chi connectivity index (χ3n) is 5.30. The first kappa shape index (κ1) is 20.5. The fraction of sp³-hybridized carbons (Fsp3) is 0.200. The second kappa shape index (κ2) is 9.34. The van der Waals surface area contributed by atoms with Crippen molar-refractivity contribution in [3.8, 4) is 16.9 Å². The molecule has 0 saturated carbocycles. The van der Waals surface area contributed by atoms with Gasteiger partial charge in [-0.05, 0) is 53.8 Å². The van der Waals surface area contributed by atoms with Gasteiger partial charge in [0.15, 0.2) is 0 Å². The number of aromatic hydroxyl groups is 1. The minimum Gasteiger partial charge on any atom is -0.508 e. The van der Waals surface area contributed by atoms with E-state index < -0.39 is 12.1 Å². The van der Waals surface area contributed by atoms with Crippen LogP contribution in [0.5, 0.6) is 5.75 Å². The molecule has 2 amide bonds. The summed E-state index contributed by atoms with van der Waals surface area (Å²) in [6, 6.07) is 23.2. The molecule has 1 saturated heterocycles. The van der Waals surface area contributed by atoms with E-state index in [0.717, 1.165) is 23.1 Å². The number of nitrogens with one attached hydrogen (secondary N) is 1. The Bertz CT molecular complexity index is 1070. The maximum atomic E-state index is 12.9. The summed E-state index contributed by atoms with van der Waals surface area (Å²) in [4.78, 5) is 27.0. The summed E-state index contributed by atoms with van der Waals surface area (Å²) in [7, 11) is 0. The van der Waals surface area contributed by atoms with Gasteiger partial charge < -0.3 is 15.2 Å². The number of rotatable bonds is 5. The van der Waals surface area contributed by atoms with Crippen molar-refractivity contribution >= 4 is 17.7 Å². The van der Waals surface area contributed by atoms with E-state index in [1.807, 2.05) is 54.6 Å². The first-order valence-electron chi connectivity index (χ1n) is 10.3. The Balaban J connectivity index is 1.40. The molecule has 1 aliphatic heterocycles. The lowest BCUT2D eigenvalue weighted by Crippen LogP contribution is -2.43. The number of carbonyl (C=O) groups is 2. The fourth-order valence-electron chi connectivity index (χ4n) is 3.75. The van der Waals surface area contributed by atoms with Crippen LogP contribution in [0.2, 0.25) is 0 Å². The van der Waals surface area contributed by atoms with E-state index in [4.69, 9.17) is 4.74 Å².